The molecule has 2 fully saturated rings. The van der Waals surface area contributed by atoms with Crippen LogP contribution in [-0.2, 0) is 4.74 Å². The Morgan fingerprint density at radius 1 is 1.25 bits per heavy atom. The molecular weight excluding hydrogens is 152 g/mol. The van der Waals surface area contributed by atoms with Crippen molar-refractivity contribution in [2.45, 2.75) is 63.3 Å². The molecule has 0 aromatic rings. The molecule has 0 aromatic carbocycles. The topological polar surface area (TPSA) is 29.5 Å². The predicted octanol–water partition coefficient (Wildman–Crippen LogP) is 1.86. The van der Waals surface area contributed by atoms with Crippen molar-refractivity contribution in [2.75, 3.05) is 0 Å². The lowest BCUT2D eigenvalue weighted by Crippen LogP contribution is -2.44. The van der Waals surface area contributed by atoms with Gasteiger partial charge in [-0.15, -0.1) is 0 Å². The number of aliphatic hydroxyl groups excluding tert-OH is 1. The van der Waals surface area contributed by atoms with Crippen molar-refractivity contribution in [3.8, 4) is 0 Å². The number of hydrogen-bond acceptors (Lipinski definition) is 2. The van der Waals surface area contributed by atoms with E-state index in [4.69, 9.17) is 4.74 Å². The smallest absolute Gasteiger partial charge is 0.0944 e. The zero-order valence-corrected chi connectivity index (χ0v) is 7.75. The van der Waals surface area contributed by atoms with E-state index >= 15 is 0 Å². The molecule has 12 heavy (non-hydrogen) atoms. The van der Waals surface area contributed by atoms with Gasteiger partial charge in [0.15, 0.2) is 0 Å². The van der Waals surface area contributed by atoms with Crippen molar-refractivity contribution < 1.29 is 9.84 Å². The van der Waals surface area contributed by atoms with Crippen LogP contribution in [0.25, 0.3) is 0 Å². The van der Waals surface area contributed by atoms with E-state index in [1.165, 1.54) is 12.8 Å². The van der Waals surface area contributed by atoms with Crippen LogP contribution in [0.4, 0.5) is 0 Å². The summed E-state index contributed by atoms with van der Waals surface area (Å²) in [4.78, 5) is 0. The second-order valence-electron chi connectivity index (χ2n) is 4.29. The van der Waals surface area contributed by atoms with Crippen LogP contribution in [0.5, 0.6) is 0 Å². The highest BCUT2D eigenvalue weighted by molar-refractivity contribution is 4.96. The van der Waals surface area contributed by atoms with E-state index in [0.29, 0.717) is 6.10 Å². The largest absolute Gasteiger partial charge is 0.390 e. The van der Waals surface area contributed by atoms with Gasteiger partial charge in [0.2, 0.25) is 0 Å². The number of ether oxygens (including phenoxy) is 1. The first-order valence-corrected chi connectivity index (χ1v) is 5.09. The summed E-state index contributed by atoms with van der Waals surface area (Å²) in [5.74, 6) is 0. The Balaban J connectivity index is 2.07. The fourth-order valence-electron chi connectivity index (χ4n) is 2.59. The average molecular weight is 170 g/mol. The molecular formula is C10H18O2. The molecule has 1 aliphatic carbocycles. The summed E-state index contributed by atoms with van der Waals surface area (Å²) in [7, 11) is 0. The zero-order chi connectivity index (χ0) is 8.60. The molecule has 1 saturated carbocycles. The van der Waals surface area contributed by atoms with Crippen LogP contribution >= 0.6 is 0 Å². The van der Waals surface area contributed by atoms with Gasteiger partial charge in [-0.05, 0) is 32.6 Å². The van der Waals surface area contributed by atoms with Gasteiger partial charge >= 0.3 is 0 Å². The summed E-state index contributed by atoms with van der Waals surface area (Å²) in [6.45, 7) is 2.11. The fraction of sp³-hybridized carbons (Fsp3) is 1.00. The van der Waals surface area contributed by atoms with Gasteiger partial charge in [-0.25, -0.2) is 0 Å². The summed E-state index contributed by atoms with van der Waals surface area (Å²) in [6.07, 6.45) is 6.75. The minimum absolute atomic E-state index is 0.141. The molecule has 2 heteroatoms. The fourth-order valence-corrected chi connectivity index (χ4v) is 2.59. The normalized spacial score (nSPS) is 48.5. The summed E-state index contributed by atoms with van der Waals surface area (Å²) in [6, 6.07) is 0. The molecule has 3 unspecified atom stereocenters. The lowest BCUT2D eigenvalue weighted by molar-refractivity contribution is -0.131. The van der Waals surface area contributed by atoms with E-state index in [1.807, 2.05) is 0 Å². The van der Waals surface area contributed by atoms with Crippen molar-refractivity contribution in [3.63, 3.8) is 0 Å². The Hall–Kier alpha value is -0.0800. The minimum Gasteiger partial charge on any atom is -0.390 e. The molecule has 0 aromatic heterocycles. The van der Waals surface area contributed by atoms with Crippen molar-refractivity contribution in [1.29, 1.82) is 0 Å². The molecule has 70 valence electrons. The molecule has 1 N–H and O–H groups in total. The Kier molecular flexibility index (Phi) is 2.13. The second-order valence-corrected chi connectivity index (χ2v) is 4.29. The first-order valence-electron chi connectivity index (χ1n) is 5.09. The van der Waals surface area contributed by atoms with E-state index in [-0.39, 0.29) is 11.7 Å². The molecule has 0 bridgehead atoms. The monoisotopic (exact) mass is 170 g/mol. The Bertz CT molecular complexity index is 165. The molecule has 3 atom stereocenters. The third kappa shape index (κ3) is 1.27. The van der Waals surface area contributed by atoms with Crippen LogP contribution in [0.15, 0.2) is 0 Å². The highest BCUT2D eigenvalue weighted by Gasteiger charge is 2.45. The van der Waals surface area contributed by atoms with Crippen LogP contribution in [0.2, 0.25) is 0 Å². The first kappa shape index (κ1) is 8.52. The Morgan fingerprint density at radius 2 is 2.08 bits per heavy atom. The van der Waals surface area contributed by atoms with Gasteiger partial charge in [0, 0.05) is 0 Å². The van der Waals surface area contributed by atoms with Crippen LogP contribution in [0, 0.1) is 0 Å². The highest BCUT2D eigenvalue weighted by Crippen LogP contribution is 2.41. The summed E-state index contributed by atoms with van der Waals surface area (Å²) in [5, 5.41) is 9.85. The molecule has 0 radical (unpaired) electrons. The standard InChI is InChI=1S/C10H18O2/c1-8-5-7-10(12-8)6-3-2-4-9(10)11/h8-9,11H,2-7H2,1H3. The van der Waals surface area contributed by atoms with Crippen LogP contribution in [0.3, 0.4) is 0 Å². The van der Waals surface area contributed by atoms with E-state index in [2.05, 4.69) is 6.92 Å². The van der Waals surface area contributed by atoms with E-state index < -0.39 is 0 Å². The maximum absolute atomic E-state index is 9.85. The molecule has 2 rings (SSSR count). The minimum atomic E-state index is -0.198. The number of rotatable bonds is 0. The van der Waals surface area contributed by atoms with Crippen molar-refractivity contribution >= 4 is 0 Å². The molecule has 1 aliphatic heterocycles. The van der Waals surface area contributed by atoms with Gasteiger partial charge < -0.3 is 9.84 Å². The molecule has 1 heterocycles. The number of hydrogen-bond donors (Lipinski definition) is 1. The molecule has 1 spiro atoms. The maximum Gasteiger partial charge on any atom is 0.0944 e. The van der Waals surface area contributed by atoms with E-state index in [1.54, 1.807) is 0 Å². The van der Waals surface area contributed by atoms with Crippen LogP contribution < -0.4 is 0 Å². The quantitative estimate of drug-likeness (QED) is 0.601. The first-order chi connectivity index (χ1) is 5.73. The van der Waals surface area contributed by atoms with Gasteiger partial charge in [-0.3, -0.25) is 0 Å². The Morgan fingerprint density at radius 3 is 2.67 bits per heavy atom. The van der Waals surface area contributed by atoms with E-state index in [9.17, 15) is 5.11 Å². The highest BCUT2D eigenvalue weighted by atomic mass is 16.5. The van der Waals surface area contributed by atoms with Gasteiger partial charge in [0.05, 0.1) is 17.8 Å². The van der Waals surface area contributed by atoms with Gasteiger partial charge in [-0.2, -0.15) is 0 Å². The maximum atomic E-state index is 9.85. The summed E-state index contributed by atoms with van der Waals surface area (Å²) >= 11 is 0. The zero-order valence-electron chi connectivity index (χ0n) is 7.75. The van der Waals surface area contributed by atoms with E-state index in [0.717, 1.165) is 25.7 Å². The van der Waals surface area contributed by atoms with Crippen LogP contribution in [-0.4, -0.2) is 22.9 Å². The molecule has 2 aliphatic rings. The van der Waals surface area contributed by atoms with Crippen molar-refractivity contribution in [3.05, 3.63) is 0 Å². The average Bonchev–Trinajstić information content (AvgIpc) is 2.41. The van der Waals surface area contributed by atoms with Gasteiger partial charge in [0.25, 0.3) is 0 Å². The lowest BCUT2D eigenvalue weighted by Gasteiger charge is -2.37. The number of aliphatic hydroxyl groups is 1. The van der Waals surface area contributed by atoms with Crippen LogP contribution in [0.1, 0.15) is 45.4 Å². The predicted molar refractivity (Wildman–Crippen MR) is 47.0 cm³/mol. The third-order valence-corrected chi connectivity index (χ3v) is 3.34. The Labute approximate surface area is 73.9 Å². The van der Waals surface area contributed by atoms with Crippen molar-refractivity contribution in [2.24, 2.45) is 0 Å². The molecule has 1 saturated heterocycles. The third-order valence-electron chi connectivity index (χ3n) is 3.34. The summed E-state index contributed by atoms with van der Waals surface area (Å²) in [5.41, 5.74) is -0.141. The second kappa shape index (κ2) is 3.00. The SMILES string of the molecule is CC1CCC2(CCCCC2O)O1. The van der Waals surface area contributed by atoms with Gasteiger partial charge in [-0.1, -0.05) is 12.8 Å². The van der Waals surface area contributed by atoms with Crippen molar-refractivity contribution in [1.82, 2.24) is 0 Å². The summed E-state index contributed by atoms with van der Waals surface area (Å²) < 4.78 is 5.85. The molecule has 0 amide bonds. The van der Waals surface area contributed by atoms with Gasteiger partial charge in [0.1, 0.15) is 0 Å². The lowest BCUT2D eigenvalue weighted by atomic mass is 9.80. The molecule has 2 nitrogen and oxygen atoms in total.